The molecule has 0 aromatic heterocycles. The molecule has 1 unspecified atom stereocenters. The highest BCUT2D eigenvalue weighted by Gasteiger charge is 2.50. The molecule has 0 aliphatic carbocycles. The average molecular weight is 512 g/mol. The topological polar surface area (TPSA) is 53.1 Å². The summed E-state index contributed by atoms with van der Waals surface area (Å²) in [6.07, 6.45) is 8.40. The first-order valence-corrected chi connectivity index (χ1v) is 14.9. The predicted octanol–water partition coefficient (Wildman–Crippen LogP) is 6.05. The molecule has 4 rings (SSSR count). The zero-order chi connectivity index (χ0) is 26.6. The van der Waals surface area contributed by atoms with Crippen LogP contribution in [0.5, 0.6) is 0 Å². The molecule has 37 heavy (non-hydrogen) atoms. The third kappa shape index (κ3) is 6.16. The molecule has 3 heterocycles. The lowest BCUT2D eigenvalue weighted by atomic mass is 9.75. The largest absolute Gasteiger partial charge is 0.442 e. The number of benzene rings is 1. The van der Waals surface area contributed by atoms with E-state index in [-0.39, 0.29) is 17.6 Å². The van der Waals surface area contributed by atoms with Gasteiger partial charge in [-0.25, -0.2) is 4.79 Å². The number of piperidine rings is 2. The summed E-state index contributed by atoms with van der Waals surface area (Å²) in [6.45, 7) is 16.0. The maximum atomic E-state index is 13.3. The van der Waals surface area contributed by atoms with E-state index in [0.717, 1.165) is 94.5 Å². The van der Waals surface area contributed by atoms with Crippen molar-refractivity contribution in [3.8, 4) is 0 Å². The van der Waals surface area contributed by atoms with Crippen LogP contribution >= 0.6 is 0 Å². The summed E-state index contributed by atoms with van der Waals surface area (Å²) >= 11 is 0. The van der Waals surface area contributed by atoms with Gasteiger partial charge in [-0.15, -0.1) is 0 Å². The van der Waals surface area contributed by atoms with Crippen LogP contribution in [0.1, 0.15) is 93.6 Å². The number of amides is 2. The van der Waals surface area contributed by atoms with Gasteiger partial charge in [0.1, 0.15) is 5.60 Å². The second-order valence-electron chi connectivity index (χ2n) is 12.0. The molecular weight excluding hydrogens is 462 g/mol. The summed E-state index contributed by atoms with van der Waals surface area (Å²) in [6, 6.07) is 6.60. The summed E-state index contributed by atoms with van der Waals surface area (Å²) in [4.78, 5) is 32.9. The average Bonchev–Trinajstić information content (AvgIpc) is 2.90. The van der Waals surface area contributed by atoms with Crippen molar-refractivity contribution in [1.82, 2.24) is 14.7 Å². The first-order chi connectivity index (χ1) is 17.8. The van der Waals surface area contributed by atoms with Crippen LogP contribution in [0.4, 0.5) is 4.79 Å². The maximum absolute atomic E-state index is 13.3. The van der Waals surface area contributed by atoms with E-state index in [2.05, 4.69) is 25.7 Å². The molecular formula is C31H49N3O3. The molecule has 0 bridgehead atoms. The molecule has 6 heteroatoms. The van der Waals surface area contributed by atoms with Crippen LogP contribution in [0.2, 0.25) is 0 Å². The van der Waals surface area contributed by atoms with Gasteiger partial charge in [-0.1, -0.05) is 58.2 Å². The Bertz CT molecular complexity index is 911. The molecule has 1 spiro atoms. The first kappa shape index (κ1) is 27.9. The van der Waals surface area contributed by atoms with Gasteiger partial charge in [0, 0.05) is 69.6 Å². The molecule has 1 aromatic carbocycles. The molecule has 6 nitrogen and oxygen atoms in total. The minimum atomic E-state index is -0.298. The molecule has 3 aliphatic heterocycles. The van der Waals surface area contributed by atoms with E-state index < -0.39 is 0 Å². The quantitative estimate of drug-likeness (QED) is 0.427. The fourth-order valence-electron chi connectivity index (χ4n) is 6.81. The highest BCUT2D eigenvalue weighted by atomic mass is 16.6. The lowest BCUT2D eigenvalue weighted by Gasteiger charge is -2.52. The van der Waals surface area contributed by atoms with Crippen LogP contribution in [-0.4, -0.2) is 77.6 Å². The van der Waals surface area contributed by atoms with Gasteiger partial charge in [-0.05, 0) is 50.2 Å². The fraction of sp³-hybridized carbons (Fsp3) is 0.742. The summed E-state index contributed by atoms with van der Waals surface area (Å²) in [5.74, 6) is 1.11. The fourth-order valence-corrected chi connectivity index (χ4v) is 6.81. The normalized spacial score (nSPS) is 23.8. The number of unbranched alkanes of at least 4 members (excludes halogenated alkanes) is 1. The first-order valence-electron chi connectivity index (χ1n) is 14.9. The van der Waals surface area contributed by atoms with Crippen LogP contribution in [0, 0.1) is 25.7 Å². The number of rotatable bonds is 8. The van der Waals surface area contributed by atoms with Crippen LogP contribution < -0.4 is 0 Å². The monoisotopic (exact) mass is 511 g/mol. The third-order valence-electron chi connectivity index (χ3n) is 9.48. The second kappa shape index (κ2) is 12.2. The smallest absolute Gasteiger partial charge is 0.410 e. The van der Waals surface area contributed by atoms with Crippen molar-refractivity contribution in [3.05, 3.63) is 34.9 Å². The molecule has 3 fully saturated rings. The van der Waals surface area contributed by atoms with Crippen LogP contribution in [0.3, 0.4) is 0 Å². The minimum absolute atomic E-state index is 0.0974. The van der Waals surface area contributed by atoms with Crippen molar-refractivity contribution in [2.45, 2.75) is 97.6 Å². The van der Waals surface area contributed by atoms with Crippen molar-refractivity contribution < 1.29 is 14.3 Å². The highest BCUT2D eigenvalue weighted by molar-refractivity contribution is 5.97. The van der Waals surface area contributed by atoms with Gasteiger partial charge in [0.2, 0.25) is 0 Å². The molecule has 2 atom stereocenters. The minimum Gasteiger partial charge on any atom is -0.442 e. The molecule has 1 aromatic rings. The standard InChI is InChI=1S/C31H49N3O3/c1-6-8-12-26-22-34(21-23(3)7-2)30(36)37-31(26)15-19-32(20-16-31)27-13-17-33(18-14-27)29(35)28-24(4)10-9-11-25(28)5/h9-11,23,26-27H,6-8,12-22H2,1-5H3/t23-,26?/m0/s1. The Morgan fingerprint density at radius 3 is 2.32 bits per heavy atom. The summed E-state index contributed by atoms with van der Waals surface area (Å²) in [5.41, 5.74) is 2.71. The van der Waals surface area contributed by atoms with Crippen molar-refractivity contribution >= 4 is 12.0 Å². The van der Waals surface area contributed by atoms with Gasteiger partial charge in [0.25, 0.3) is 5.91 Å². The van der Waals surface area contributed by atoms with Gasteiger partial charge in [0.15, 0.2) is 0 Å². The van der Waals surface area contributed by atoms with Crippen LogP contribution in [0.15, 0.2) is 18.2 Å². The molecule has 206 valence electrons. The molecule has 0 saturated carbocycles. The van der Waals surface area contributed by atoms with E-state index in [4.69, 9.17) is 4.74 Å². The number of hydrogen-bond acceptors (Lipinski definition) is 4. The summed E-state index contributed by atoms with van der Waals surface area (Å²) in [7, 11) is 0. The van der Waals surface area contributed by atoms with Crippen molar-refractivity contribution in [1.29, 1.82) is 0 Å². The zero-order valence-corrected chi connectivity index (χ0v) is 23.9. The number of likely N-dealkylation sites (tertiary alicyclic amines) is 2. The van der Waals surface area contributed by atoms with Crippen molar-refractivity contribution in [2.24, 2.45) is 11.8 Å². The molecule has 3 aliphatic rings. The molecule has 2 amide bonds. The number of carbonyl (C=O) groups excluding carboxylic acids is 2. The number of hydrogen-bond donors (Lipinski definition) is 0. The van der Waals surface area contributed by atoms with E-state index in [1.54, 1.807) is 0 Å². The number of carbonyl (C=O) groups is 2. The van der Waals surface area contributed by atoms with Crippen LogP contribution in [-0.2, 0) is 4.74 Å². The predicted molar refractivity (Wildman–Crippen MR) is 149 cm³/mol. The van der Waals surface area contributed by atoms with Gasteiger partial charge in [-0.3, -0.25) is 9.69 Å². The van der Waals surface area contributed by atoms with Gasteiger partial charge in [0.05, 0.1) is 0 Å². The van der Waals surface area contributed by atoms with Crippen molar-refractivity contribution in [2.75, 3.05) is 39.3 Å². The summed E-state index contributed by atoms with van der Waals surface area (Å²) in [5, 5.41) is 0. The van der Waals surface area contributed by atoms with E-state index in [9.17, 15) is 9.59 Å². The van der Waals surface area contributed by atoms with E-state index >= 15 is 0 Å². The van der Waals surface area contributed by atoms with E-state index in [0.29, 0.717) is 17.9 Å². The van der Waals surface area contributed by atoms with E-state index in [1.165, 1.54) is 12.8 Å². The maximum Gasteiger partial charge on any atom is 0.410 e. The van der Waals surface area contributed by atoms with Gasteiger partial charge < -0.3 is 14.5 Å². The Kier molecular flexibility index (Phi) is 9.20. The summed E-state index contributed by atoms with van der Waals surface area (Å²) < 4.78 is 6.35. The Morgan fingerprint density at radius 1 is 1.08 bits per heavy atom. The second-order valence-corrected chi connectivity index (χ2v) is 12.0. The van der Waals surface area contributed by atoms with Crippen molar-refractivity contribution in [3.63, 3.8) is 0 Å². The Labute approximate surface area is 224 Å². The Morgan fingerprint density at radius 2 is 1.73 bits per heavy atom. The number of nitrogens with zero attached hydrogens (tertiary/aromatic N) is 3. The number of ether oxygens (including phenoxy) is 1. The Hall–Kier alpha value is -2.08. The number of aryl methyl sites for hydroxylation is 2. The molecule has 0 radical (unpaired) electrons. The van der Waals surface area contributed by atoms with Gasteiger partial charge >= 0.3 is 6.09 Å². The highest BCUT2D eigenvalue weighted by Crippen LogP contribution is 2.41. The van der Waals surface area contributed by atoms with Gasteiger partial charge in [-0.2, -0.15) is 0 Å². The zero-order valence-electron chi connectivity index (χ0n) is 23.9. The lowest BCUT2D eigenvalue weighted by molar-refractivity contribution is -0.127. The van der Waals surface area contributed by atoms with Crippen LogP contribution in [0.25, 0.3) is 0 Å². The lowest BCUT2D eigenvalue weighted by Crippen LogP contribution is -2.61. The molecule has 0 N–H and O–H groups in total. The Balaban J connectivity index is 1.34. The SMILES string of the molecule is CCCCC1CN(C[C@@H](C)CC)C(=O)OC12CCN(C1CCN(C(=O)c3c(C)cccc3C)CC1)CC2. The van der Waals surface area contributed by atoms with E-state index in [1.807, 2.05) is 41.8 Å². The third-order valence-corrected chi connectivity index (χ3v) is 9.48. The molecule has 3 saturated heterocycles.